The molecule has 1 heterocycles. The molecule has 1 aliphatic rings. The molecule has 0 aliphatic carbocycles. The molecule has 7 heteroatoms. The summed E-state index contributed by atoms with van der Waals surface area (Å²) in [7, 11) is -0.298. The van der Waals surface area contributed by atoms with Crippen LogP contribution in [0.5, 0.6) is 0 Å². The molecule has 2 atom stereocenters. The Balaban J connectivity index is 2.54. The van der Waals surface area contributed by atoms with Gasteiger partial charge in [-0.2, -0.15) is 5.06 Å². The van der Waals surface area contributed by atoms with Crippen LogP contribution in [0.1, 0.15) is 67.2 Å². The van der Waals surface area contributed by atoms with Crippen molar-refractivity contribution in [2.24, 2.45) is 5.92 Å². The fraction of sp³-hybridized carbons (Fsp3) is 0.833. The first kappa shape index (κ1) is 22.5. The summed E-state index contributed by atoms with van der Waals surface area (Å²) in [6.07, 6.45) is 6.51. The monoisotopic (exact) mass is 373 g/mol. The summed E-state index contributed by atoms with van der Waals surface area (Å²) in [5.41, 5.74) is -0.742. The van der Waals surface area contributed by atoms with Gasteiger partial charge in [0.05, 0.1) is 8.96 Å². The summed E-state index contributed by atoms with van der Waals surface area (Å²) in [5.74, 6) is 0.509. The Morgan fingerprint density at radius 1 is 1.28 bits per heavy atom. The first-order valence-corrected chi connectivity index (χ1v) is 10.0. The molecule has 0 aromatic carbocycles. The van der Waals surface area contributed by atoms with Gasteiger partial charge in [-0.25, -0.2) is 0 Å². The molecule has 0 radical (unpaired) electrons. The summed E-state index contributed by atoms with van der Waals surface area (Å²) >= 11 is 0. The van der Waals surface area contributed by atoms with E-state index in [2.05, 4.69) is 24.3 Å². The van der Waals surface area contributed by atoms with E-state index in [0.29, 0.717) is 25.2 Å². The van der Waals surface area contributed by atoms with E-state index in [9.17, 15) is 10.0 Å². The number of hydrogen-bond acceptors (Lipinski definition) is 5. The van der Waals surface area contributed by atoms with E-state index in [-0.39, 0.29) is 38.0 Å². The van der Waals surface area contributed by atoms with Gasteiger partial charge in [-0.05, 0) is 52.9 Å². The van der Waals surface area contributed by atoms with Gasteiger partial charge in [-0.15, -0.1) is 0 Å². The smallest absolute Gasteiger partial charge is 0.224 e. The van der Waals surface area contributed by atoms with Crippen LogP contribution in [0.4, 0.5) is 0 Å². The third-order valence-corrected chi connectivity index (χ3v) is 5.15. The third kappa shape index (κ3) is 7.32. The van der Waals surface area contributed by atoms with Gasteiger partial charge in [0.2, 0.25) is 5.91 Å². The molecular weight excluding hydrogens is 337 g/mol. The lowest BCUT2D eigenvalue weighted by atomic mass is 9.79. The topological polar surface area (TPSA) is 84.8 Å². The van der Waals surface area contributed by atoms with E-state index < -0.39 is 0 Å². The van der Waals surface area contributed by atoms with E-state index >= 15 is 0 Å². The van der Waals surface area contributed by atoms with Crippen LogP contribution in [0.25, 0.3) is 0 Å². The molecule has 0 spiro atoms. The van der Waals surface area contributed by atoms with Crippen molar-refractivity contribution < 1.29 is 14.9 Å². The first-order chi connectivity index (χ1) is 11.5. The van der Waals surface area contributed by atoms with Crippen LogP contribution >= 0.6 is 8.96 Å². The molecule has 1 saturated heterocycles. The van der Waals surface area contributed by atoms with Crippen LogP contribution in [0.2, 0.25) is 0 Å². The highest BCUT2D eigenvalue weighted by molar-refractivity contribution is 7.28. The predicted molar refractivity (Wildman–Crippen MR) is 104 cm³/mol. The van der Waals surface area contributed by atoms with Crippen molar-refractivity contribution in [1.29, 1.82) is 0 Å². The molecule has 1 rings (SSSR count). The minimum Gasteiger partial charge on any atom is -0.361 e. The van der Waals surface area contributed by atoms with Crippen LogP contribution in [-0.4, -0.2) is 44.2 Å². The average molecular weight is 373 g/mol. The highest BCUT2D eigenvalue weighted by atomic mass is 31.1. The number of rotatable bonds is 8. The fourth-order valence-electron chi connectivity index (χ4n) is 3.77. The van der Waals surface area contributed by atoms with Gasteiger partial charge >= 0.3 is 0 Å². The molecule has 25 heavy (non-hydrogen) atoms. The normalized spacial score (nSPS) is 22.9. The number of nitrogens with one attached hydrogen (secondary N) is 2. The minimum atomic E-state index is -0.371. The van der Waals surface area contributed by atoms with Gasteiger partial charge in [-0.3, -0.25) is 9.88 Å². The van der Waals surface area contributed by atoms with Gasteiger partial charge in [-0.1, -0.05) is 26.0 Å². The second-order valence-electron chi connectivity index (χ2n) is 8.73. The number of nitrogens with zero attached hydrogens (tertiary/aromatic N) is 1. The van der Waals surface area contributed by atoms with Gasteiger partial charge in [0.1, 0.15) is 0 Å². The molecule has 1 aliphatic heterocycles. The van der Waals surface area contributed by atoms with Crippen molar-refractivity contribution in [1.82, 2.24) is 15.5 Å². The summed E-state index contributed by atoms with van der Waals surface area (Å²) in [5, 5.41) is 17.9. The van der Waals surface area contributed by atoms with E-state index in [1.807, 2.05) is 39.8 Å². The lowest BCUT2D eigenvalue weighted by molar-refractivity contribution is -0.246. The molecule has 0 aromatic heterocycles. The van der Waals surface area contributed by atoms with Crippen molar-refractivity contribution in [3.63, 3.8) is 0 Å². The molecular formula is C18H36N3O3P. The van der Waals surface area contributed by atoms with Crippen molar-refractivity contribution in [3.8, 4) is 0 Å². The highest BCUT2D eigenvalue weighted by Crippen LogP contribution is 2.36. The molecule has 2 unspecified atom stereocenters. The standard InChI is InChI=1S/C18H36N3O3P/c1-13(2)10-14(20-25-24)8-7-9-16(22)19-15-11-17(3,4)21(23)18(5,6)12-15/h7-8,13-15,20,23-25H,9-12H2,1-6H3,(H,19,22)/b8-7-. The van der Waals surface area contributed by atoms with Gasteiger partial charge in [0.25, 0.3) is 0 Å². The zero-order valence-corrected chi connectivity index (χ0v) is 17.5. The number of carbonyl (C=O) groups excluding carboxylic acids is 1. The maximum Gasteiger partial charge on any atom is 0.224 e. The van der Waals surface area contributed by atoms with Crippen LogP contribution in [0.3, 0.4) is 0 Å². The Morgan fingerprint density at radius 2 is 1.84 bits per heavy atom. The SMILES string of the molecule is CC(C)CC(/C=C\CC(=O)NC1CC(C)(C)N(O)C(C)(C)C1)NPO. The van der Waals surface area contributed by atoms with Crippen molar-refractivity contribution in [3.05, 3.63) is 12.2 Å². The van der Waals surface area contributed by atoms with E-state index in [4.69, 9.17) is 4.89 Å². The Morgan fingerprint density at radius 3 is 2.32 bits per heavy atom. The molecule has 0 aromatic rings. The Labute approximate surface area is 154 Å². The van der Waals surface area contributed by atoms with E-state index in [0.717, 1.165) is 6.42 Å². The summed E-state index contributed by atoms with van der Waals surface area (Å²) in [6.45, 7) is 12.2. The maximum absolute atomic E-state index is 12.3. The van der Waals surface area contributed by atoms with Gasteiger partial charge in [0, 0.05) is 29.6 Å². The van der Waals surface area contributed by atoms with Crippen molar-refractivity contribution in [2.45, 2.75) is 90.4 Å². The second kappa shape index (κ2) is 9.43. The molecule has 146 valence electrons. The second-order valence-corrected chi connectivity index (χ2v) is 9.25. The molecule has 0 saturated carbocycles. The Kier molecular flexibility index (Phi) is 8.49. The summed E-state index contributed by atoms with van der Waals surface area (Å²) in [6, 6.07) is 0.143. The summed E-state index contributed by atoms with van der Waals surface area (Å²) < 4.78 is 0. The van der Waals surface area contributed by atoms with Crippen molar-refractivity contribution >= 4 is 14.9 Å². The van der Waals surface area contributed by atoms with E-state index in [1.54, 1.807) is 0 Å². The molecule has 6 nitrogen and oxygen atoms in total. The lowest BCUT2D eigenvalue weighted by Gasteiger charge is -2.51. The number of piperidine rings is 1. The highest BCUT2D eigenvalue weighted by Gasteiger charge is 2.45. The fourth-order valence-corrected chi connectivity index (χ4v) is 4.15. The number of amides is 1. The van der Waals surface area contributed by atoms with Crippen LogP contribution in [0.15, 0.2) is 12.2 Å². The number of hydrogen-bond donors (Lipinski definition) is 4. The zero-order chi connectivity index (χ0) is 19.3. The number of carbonyl (C=O) groups is 1. The van der Waals surface area contributed by atoms with Crippen LogP contribution < -0.4 is 10.4 Å². The molecule has 0 bridgehead atoms. The maximum atomic E-state index is 12.3. The number of hydroxylamine groups is 2. The zero-order valence-electron chi connectivity index (χ0n) is 16.5. The lowest BCUT2D eigenvalue weighted by Crippen LogP contribution is -2.62. The quantitative estimate of drug-likeness (QED) is 0.388. The van der Waals surface area contributed by atoms with Crippen molar-refractivity contribution in [2.75, 3.05) is 0 Å². The Bertz CT molecular complexity index is 448. The Hall–Kier alpha value is -0.520. The van der Waals surface area contributed by atoms with E-state index in [1.165, 1.54) is 5.06 Å². The average Bonchev–Trinajstić information content (AvgIpc) is 2.43. The first-order valence-electron chi connectivity index (χ1n) is 9.08. The van der Waals surface area contributed by atoms with Gasteiger partial charge in [0.15, 0.2) is 0 Å². The molecule has 1 fully saturated rings. The molecule has 4 N–H and O–H groups in total. The predicted octanol–water partition coefficient (Wildman–Crippen LogP) is 2.96. The third-order valence-electron chi connectivity index (χ3n) is 4.65. The van der Waals surface area contributed by atoms with Crippen LogP contribution in [0, 0.1) is 5.92 Å². The van der Waals surface area contributed by atoms with Crippen LogP contribution in [-0.2, 0) is 4.79 Å². The minimum absolute atomic E-state index is 0.00557. The van der Waals surface area contributed by atoms with Gasteiger partial charge < -0.3 is 15.4 Å². The largest absolute Gasteiger partial charge is 0.361 e. The summed E-state index contributed by atoms with van der Waals surface area (Å²) in [4.78, 5) is 21.3. The molecule has 1 amide bonds.